The Morgan fingerprint density at radius 1 is 1.06 bits per heavy atom. The van der Waals surface area contributed by atoms with Gasteiger partial charge in [-0.05, 0) is 18.6 Å². The summed E-state index contributed by atoms with van der Waals surface area (Å²) in [6, 6.07) is 0. The maximum absolute atomic E-state index is 5.65. The van der Waals surface area contributed by atoms with E-state index in [-0.39, 0.29) is 12.2 Å². The zero-order valence-corrected chi connectivity index (χ0v) is 9.63. The van der Waals surface area contributed by atoms with Crippen LogP contribution in [0.25, 0.3) is 0 Å². The van der Waals surface area contributed by atoms with E-state index >= 15 is 0 Å². The van der Waals surface area contributed by atoms with Gasteiger partial charge in [0, 0.05) is 6.08 Å². The number of allylic oxidation sites excluding steroid dienone is 4. The van der Waals surface area contributed by atoms with Crippen molar-refractivity contribution < 1.29 is 18.9 Å². The highest BCUT2D eigenvalue weighted by molar-refractivity contribution is 5.27. The molecule has 0 N–H and O–H groups in total. The molecule has 0 radical (unpaired) electrons. The summed E-state index contributed by atoms with van der Waals surface area (Å²) in [4.78, 5) is 0. The van der Waals surface area contributed by atoms with Gasteiger partial charge in [-0.3, -0.25) is 0 Å². The quantitative estimate of drug-likeness (QED) is 0.656. The zero-order chi connectivity index (χ0) is 11.5. The van der Waals surface area contributed by atoms with Crippen LogP contribution in [0.5, 0.6) is 0 Å². The van der Waals surface area contributed by atoms with Gasteiger partial charge in [0.25, 0.3) is 0 Å². The molecule has 2 fully saturated rings. The molecule has 92 valence electrons. The van der Waals surface area contributed by atoms with Crippen LogP contribution in [-0.4, -0.2) is 38.6 Å². The number of epoxide rings is 2. The second-order valence-electron chi connectivity index (χ2n) is 4.32. The average Bonchev–Trinajstić information content (AvgIpc) is 3.20. The van der Waals surface area contributed by atoms with Crippen molar-refractivity contribution in [3.05, 3.63) is 35.8 Å². The number of hydrogen-bond donors (Lipinski definition) is 0. The molecule has 0 spiro atoms. The fourth-order valence-electron chi connectivity index (χ4n) is 1.51. The molecule has 2 atom stereocenters. The Morgan fingerprint density at radius 3 is 2.35 bits per heavy atom. The summed E-state index contributed by atoms with van der Waals surface area (Å²) in [6.07, 6.45) is 9.43. The van der Waals surface area contributed by atoms with E-state index in [9.17, 15) is 0 Å². The van der Waals surface area contributed by atoms with Gasteiger partial charge in [-0.2, -0.15) is 0 Å². The molecular formula is C13H16O4. The van der Waals surface area contributed by atoms with Crippen molar-refractivity contribution >= 4 is 0 Å². The highest BCUT2D eigenvalue weighted by Crippen LogP contribution is 2.18. The molecular weight excluding hydrogens is 220 g/mol. The first-order chi connectivity index (χ1) is 8.40. The van der Waals surface area contributed by atoms with Crippen molar-refractivity contribution in [3.63, 3.8) is 0 Å². The summed E-state index contributed by atoms with van der Waals surface area (Å²) >= 11 is 0. The Hall–Kier alpha value is -1.26. The number of hydrogen-bond acceptors (Lipinski definition) is 4. The van der Waals surface area contributed by atoms with Crippen molar-refractivity contribution in [2.45, 2.75) is 18.6 Å². The maximum atomic E-state index is 5.65. The van der Waals surface area contributed by atoms with Gasteiger partial charge in [0.05, 0.1) is 13.2 Å². The van der Waals surface area contributed by atoms with E-state index in [1.807, 2.05) is 18.2 Å². The van der Waals surface area contributed by atoms with Gasteiger partial charge in [0.15, 0.2) is 0 Å². The van der Waals surface area contributed by atoms with E-state index in [1.54, 1.807) is 0 Å². The Kier molecular flexibility index (Phi) is 3.16. The molecule has 2 saturated heterocycles. The second-order valence-corrected chi connectivity index (χ2v) is 4.32. The minimum atomic E-state index is 0.278. The van der Waals surface area contributed by atoms with Crippen LogP contribution in [0.15, 0.2) is 35.8 Å². The second kappa shape index (κ2) is 4.94. The van der Waals surface area contributed by atoms with Gasteiger partial charge in [0.2, 0.25) is 0 Å². The Morgan fingerprint density at radius 2 is 1.71 bits per heavy atom. The van der Waals surface area contributed by atoms with E-state index in [1.165, 1.54) is 0 Å². The van der Waals surface area contributed by atoms with E-state index < -0.39 is 0 Å². The molecule has 0 aromatic carbocycles. The van der Waals surface area contributed by atoms with Gasteiger partial charge >= 0.3 is 0 Å². The van der Waals surface area contributed by atoms with Gasteiger partial charge in [-0.15, -0.1) is 0 Å². The predicted molar refractivity (Wildman–Crippen MR) is 61.3 cm³/mol. The monoisotopic (exact) mass is 236 g/mol. The Balaban J connectivity index is 1.53. The van der Waals surface area contributed by atoms with Crippen LogP contribution in [-0.2, 0) is 18.9 Å². The molecule has 3 aliphatic rings. The molecule has 2 heterocycles. The first-order valence-electron chi connectivity index (χ1n) is 5.97. The lowest BCUT2D eigenvalue weighted by molar-refractivity contribution is 0.178. The highest BCUT2D eigenvalue weighted by Gasteiger charge is 2.24. The molecule has 17 heavy (non-hydrogen) atoms. The molecule has 0 aromatic rings. The molecule has 4 nitrogen and oxygen atoms in total. The normalized spacial score (nSPS) is 30.1. The minimum absolute atomic E-state index is 0.278. The van der Waals surface area contributed by atoms with Crippen molar-refractivity contribution in [2.75, 3.05) is 26.4 Å². The topological polar surface area (TPSA) is 43.5 Å². The van der Waals surface area contributed by atoms with Crippen LogP contribution in [0, 0.1) is 0 Å². The minimum Gasteiger partial charge on any atom is -0.491 e. The van der Waals surface area contributed by atoms with E-state index in [0.29, 0.717) is 13.2 Å². The molecule has 2 unspecified atom stereocenters. The molecule has 0 amide bonds. The van der Waals surface area contributed by atoms with Crippen LogP contribution in [0.4, 0.5) is 0 Å². The summed E-state index contributed by atoms with van der Waals surface area (Å²) < 4.78 is 21.5. The smallest absolute Gasteiger partial charge is 0.122 e. The first-order valence-corrected chi connectivity index (χ1v) is 5.97. The van der Waals surface area contributed by atoms with Crippen LogP contribution < -0.4 is 0 Å². The van der Waals surface area contributed by atoms with Crippen molar-refractivity contribution in [1.29, 1.82) is 0 Å². The van der Waals surface area contributed by atoms with Crippen LogP contribution in [0.1, 0.15) is 6.42 Å². The highest BCUT2D eigenvalue weighted by atomic mass is 16.6. The summed E-state index contributed by atoms with van der Waals surface area (Å²) in [5, 5.41) is 0. The third kappa shape index (κ3) is 3.61. The standard InChI is InChI=1S/C13H16O4/c1-2-4-11(15-7-13-9-17-13)5-10(3-1)14-6-12-8-16-12/h1,3-5,12-13H,2,6-9H2. The van der Waals surface area contributed by atoms with E-state index in [0.717, 1.165) is 31.2 Å². The van der Waals surface area contributed by atoms with Crippen LogP contribution in [0.2, 0.25) is 0 Å². The molecule has 3 rings (SSSR count). The third-order valence-corrected chi connectivity index (χ3v) is 2.70. The molecule has 0 bridgehead atoms. The first kappa shape index (κ1) is 10.9. The van der Waals surface area contributed by atoms with Crippen LogP contribution in [0.3, 0.4) is 0 Å². The summed E-state index contributed by atoms with van der Waals surface area (Å²) in [6.45, 7) is 2.88. The molecule has 0 aromatic heterocycles. The predicted octanol–water partition coefficient (Wildman–Crippen LogP) is 1.54. The average molecular weight is 236 g/mol. The lowest BCUT2D eigenvalue weighted by Crippen LogP contribution is -2.02. The number of ether oxygens (including phenoxy) is 4. The van der Waals surface area contributed by atoms with Crippen molar-refractivity contribution in [1.82, 2.24) is 0 Å². The van der Waals surface area contributed by atoms with Crippen molar-refractivity contribution in [3.8, 4) is 0 Å². The molecule has 1 aliphatic carbocycles. The molecule has 4 heteroatoms. The summed E-state index contributed by atoms with van der Waals surface area (Å²) in [7, 11) is 0. The summed E-state index contributed by atoms with van der Waals surface area (Å²) in [5.41, 5.74) is 0. The SMILES string of the molecule is C1=CC(OCC2CO2)=CC(OCC2CO2)=CC1. The van der Waals surface area contributed by atoms with Gasteiger partial charge in [-0.1, -0.05) is 6.08 Å². The lowest BCUT2D eigenvalue weighted by atomic mass is 10.3. The largest absolute Gasteiger partial charge is 0.491 e. The molecule has 2 aliphatic heterocycles. The van der Waals surface area contributed by atoms with Gasteiger partial charge in [0.1, 0.15) is 36.9 Å². The Bertz CT molecular complexity index is 362. The maximum Gasteiger partial charge on any atom is 0.122 e. The van der Waals surface area contributed by atoms with E-state index in [4.69, 9.17) is 18.9 Å². The molecule has 0 saturated carbocycles. The van der Waals surface area contributed by atoms with Crippen molar-refractivity contribution in [2.24, 2.45) is 0 Å². The van der Waals surface area contributed by atoms with E-state index in [2.05, 4.69) is 6.08 Å². The van der Waals surface area contributed by atoms with Crippen LogP contribution >= 0.6 is 0 Å². The van der Waals surface area contributed by atoms with Gasteiger partial charge in [-0.25, -0.2) is 0 Å². The fourth-order valence-corrected chi connectivity index (χ4v) is 1.51. The number of rotatable bonds is 6. The van der Waals surface area contributed by atoms with Gasteiger partial charge < -0.3 is 18.9 Å². The third-order valence-electron chi connectivity index (χ3n) is 2.70. The lowest BCUT2D eigenvalue weighted by Gasteiger charge is -2.07. The fraction of sp³-hybridized carbons (Fsp3) is 0.538. The Labute approximate surface area is 100 Å². The summed E-state index contributed by atoms with van der Waals surface area (Å²) in [5.74, 6) is 1.69. The zero-order valence-electron chi connectivity index (χ0n) is 9.63.